The Morgan fingerprint density at radius 3 is 2.69 bits per heavy atom. The summed E-state index contributed by atoms with van der Waals surface area (Å²) < 4.78 is 23.2. The first-order valence-electron chi connectivity index (χ1n) is 3.49. The molecule has 0 atom stereocenters. The van der Waals surface area contributed by atoms with Crippen molar-refractivity contribution in [2.24, 2.45) is 5.14 Å². The van der Waals surface area contributed by atoms with Crippen molar-refractivity contribution in [2.45, 2.75) is 6.54 Å². The van der Waals surface area contributed by atoms with Gasteiger partial charge in [0.1, 0.15) is 0 Å². The number of hydrogen-bond acceptors (Lipinski definition) is 2. The second kappa shape index (κ2) is 4.06. The molecule has 3 N–H and O–H groups in total. The van der Waals surface area contributed by atoms with Gasteiger partial charge in [-0.2, -0.15) is 13.1 Å². The summed E-state index contributed by atoms with van der Waals surface area (Å²) >= 11 is 5.69. The fourth-order valence-electron chi connectivity index (χ4n) is 0.831. The highest BCUT2D eigenvalue weighted by atomic mass is 35.5. The van der Waals surface area contributed by atoms with Crippen LogP contribution in [0.5, 0.6) is 0 Å². The van der Waals surface area contributed by atoms with Gasteiger partial charge in [0.15, 0.2) is 0 Å². The first kappa shape index (κ1) is 10.5. The van der Waals surface area contributed by atoms with Gasteiger partial charge in [0.25, 0.3) is 10.2 Å². The molecule has 0 saturated heterocycles. The second-order valence-corrected chi connectivity index (χ2v) is 4.31. The van der Waals surface area contributed by atoms with Crippen LogP contribution in [0.4, 0.5) is 0 Å². The van der Waals surface area contributed by atoms with Crippen LogP contribution in [0, 0.1) is 0 Å². The monoisotopic (exact) mass is 220 g/mol. The Labute approximate surface area is 81.9 Å². The second-order valence-electron chi connectivity index (χ2n) is 2.50. The van der Waals surface area contributed by atoms with Crippen molar-refractivity contribution >= 4 is 21.8 Å². The summed E-state index contributed by atoms with van der Waals surface area (Å²) in [6, 6.07) is 6.87. The molecule has 0 unspecified atom stereocenters. The van der Waals surface area contributed by atoms with E-state index in [1.807, 2.05) is 0 Å². The van der Waals surface area contributed by atoms with Crippen molar-refractivity contribution in [3.63, 3.8) is 0 Å². The summed E-state index contributed by atoms with van der Waals surface area (Å²) in [6.45, 7) is 0.152. The molecule has 0 heterocycles. The van der Waals surface area contributed by atoms with E-state index in [0.717, 1.165) is 5.56 Å². The molecule has 13 heavy (non-hydrogen) atoms. The average Bonchev–Trinajstić information content (AvgIpc) is 2.00. The van der Waals surface area contributed by atoms with Gasteiger partial charge >= 0.3 is 0 Å². The standard InChI is InChI=1S/C7H9ClN2O2S/c8-7-3-1-2-6(4-7)5-10-13(9,11)12/h1-4,10H,5H2,(H2,9,11,12). The Morgan fingerprint density at radius 1 is 1.46 bits per heavy atom. The number of nitrogens with two attached hydrogens (primary N) is 1. The Bertz CT molecular complexity index is 391. The van der Waals surface area contributed by atoms with E-state index < -0.39 is 10.2 Å². The van der Waals surface area contributed by atoms with E-state index in [4.69, 9.17) is 16.7 Å². The lowest BCUT2D eigenvalue weighted by atomic mass is 10.2. The maximum absolute atomic E-state index is 10.5. The van der Waals surface area contributed by atoms with Crippen LogP contribution in [0.1, 0.15) is 5.56 Å². The molecule has 1 rings (SSSR count). The van der Waals surface area contributed by atoms with Gasteiger partial charge in [-0.1, -0.05) is 23.7 Å². The molecule has 1 aromatic rings. The molecule has 0 aliphatic rings. The molecule has 0 amide bonds. The van der Waals surface area contributed by atoms with E-state index in [-0.39, 0.29) is 6.54 Å². The van der Waals surface area contributed by atoms with Crippen LogP contribution in [0.25, 0.3) is 0 Å². The average molecular weight is 221 g/mol. The molecule has 4 nitrogen and oxygen atoms in total. The lowest BCUT2D eigenvalue weighted by molar-refractivity contribution is 0.583. The number of hydrogen-bond donors (Lipinski definition) is 2. The van der Waals surface area contributed by atoms with Crippen LogP contribution in [0.15, 0.2) is 24.3 Å². The van der Waals surface area contributed by atoms with E-state index in [0.29, 0.717) is 5.02 Å². The fourth-order valence-corrected chi connectivity index (χ4v) is 1.41. The van der Waals surface area contributed by atoms with Gasteiger partial charge < -0.3 is 0 Å². The van der Waals surface area contributed by atoms with Gasteiger partial charge in [0, 0.05) is 11.6 Å². The maximum Gasteiger partial charge on any atom is 0.274 e. The van der Waals surface area contributed by atoms with Crippen molar-refractivity contribution in [1.82, 2.24) is 4.72 Å². The van der Waals surface area contributed by atoms with Crippen molar-refractivity contribution < 1.29 is 8.42 Å². The summed E-state index contributed by atoms with van der Waals surface area (Å²) in [5.74, 6) is 0. The Kier molecular flexibility index (Phi) is 3.27. The lowest BCUT2D eigenvalue weighted by Gasteiger charge is -2.01. The highest BCUT2D eigenvalue weighted by molar-refractivity contribution is 7.87. The molecule has 0 saturated carbocycles. The summed E-state index contributed by atoms with van der Waals surface area (Å²) in [5, 5.41) is 5.31. The lowest BCUT2D eigenvalue weighted by Crippen LogP contribution is -2.30. The summed E-state index contributed by atoms with van der Waals surface area (Å²) in [7, 11) is -3.63. The fraction of sp³-hybridized carbons (Fsp3) is 0.143. The van der Waals surface area contributed by atoms with Crippen LogP contribution in [0.3, 0.4) is 0 Å². The van der Waals surface area contributed by atoms with Crippen LogP contribution >= 0.6 is 11.6 Å². The van der Waals surface area contributed by atoms with Gasteiger partial charge in [0.05, 0.1) is 0 Å². The molecule has 1 aromatic carbocycles. The van der Waals surface area contributed by atoms with Crippen molar-refractivity contribution in [3.8, 4) is 0 Å². The van der Waals surface area contributed by atoms with Crippen molar-refractivity contribution in [1.29, 1.82) is 0 Å². The van der Waals surface area contributed by atoms with Crippen LogP contribution in [-0.2, 0) is 16.8 Å². The molecular weight excluding hydrogens is 212 g/mol. The zero-order valence-electron chi connectivity index (χ0n) is 6.70. The zero-order chi connectivity index (χ0) is 9.90. The van der Waals surface area contributed by atoms with Crippen LogP contribution < -0.4 is 9.86 Å². The highest BCUT2D eigenvalue weighted by Gasteiger charge is 2.00. The van der Waals surface area contributed by atoms with Crippen molar-refractivity contribution in [3.05, 3.63) is 34.9 Å². The third-order valence-corrected chi connectivity index (χ3v) is 2.15. The van der Waals surface area contributed by atoms with E-state index in [1.165, 1.54) is 0 Å². The third-order valence-electron chi connectivity index (χ3n) is 1.37. The minimum Gasteiger partial charge on any atom is -0.216 e. The number of benzene rings is 1. The largest absolute Gasteiger partial charge is 0.274 e. The minimum atomic E-state index is -3.63. The zero-order valence-corrected chi connectivity index (χ0v) is 8.27. The molecular formula is C7H9ClN2O2S. The molecule has 0 bridgehead atoms. The van der Waals surface area contributed by atoms with Gasteiger partial charge in [-0.15, -0.1) is 0 Å². The molecule has 0 spiro atoms. The molecule has 0 aromatic heterocycles. The van der Waals surface area contributed by atoms with Gasteiger partial charge in [-0.3, -0.25) is 0 Å². The Balaban J connectivity index is 2.65. The molecule has 0 aliphatic carbocycles. The first-order valence-corrected chi connectivity index (χ1v) is 5.41. The van der Waals surface area contributed by atoms with Gasteiger partial charge in [0.2, 0.25) is 0 Å². The van der Waals surface area contributed by atoms with E-state index in [2.05, 4.69) is 4.72 Å². The predicted octanol–water partition coefficient (Wildman–Crippen LogP) is 0.633. The van der Waals surface area contributed by atoms with Crippen LogP contribution in [0.2, 0.25) is 5.02 Å². The number of halogens is 1. The van der Waals surface area contributed by atoms with E-state index in [1.54, 1.807) is 24.3 Å². The van der Waals surface area contributed by atoms with Gasteiger partial charge in [-0.05, 0) is 17.7 Å². The summed E-state index contributed by atoms with van der Waals surface area (Å²) in [5.41, 5.74) is 0.765. The molecule has 0 aliphatic heterocycles. The Morgan fingerprint density at radius 2 is 2.15 bits per heavy atom. The number of nitrogens with one attached hydrogen (secondary N) is 1. The molecule has 0 fully saturated rings. The van der Waals surface area contributed by atoms with E-state index in [9.17, 15) is 8.42 Å². The van der Waals surface area contributed by atoms with Crippen molar-refractivity contribution in [2.75, 3.05) is 0 Å². The topological polar surface area (TPSA) is 72.2 Å². The Hall–Kier alpha value is -0.620. The SMILES string of the molecule is NS(=O)(=O)NCc1cccc(Cl)c1. The smallest absolute Gasteiger partial charge is 0.216 e. The minimum absolute atomic E-state index is 0.152. The molecule has 72 valence electrons. The van der Waals surface area contributed by atoms with Gasteiger partial charge in [-0.25, -0.2) is 5.14 Å². The summed E-state index contributed by atoms with van der Waals surface area (Å²) in [4.78, 5) is 0. The predicted molar refractivity (Wildman–Crippen MR) is 51.4 cm³/mol. The molecule has 0 radical (unpaired) electrons. The maximum atomic E-state index is 10.5. The first-order chi connectivity index (χ1) is 5.97. The molecule has 6 heteroatoms. The normalized spacial score (nSPS) is 11.5. The number of rotatable bonds is 3. The van der Waals surface area contributed by atoms with Crippen LogP contribution in [-0.4, -0.2) is 8.42 Å². The highest BCUT2D eigenvalue weighted by Crippen LogP contribution is 2.10. The quantitative estimate of drug-likeness (QED) is 0.785. The summed E-state index contributed by atoms with van der Waals surface area (Å²) in [6.07, 6.45) is 0. The van der Waals surface area contributed by atoms with E-state index >= 15 is 0 Å². The third kappa shape index (κ3) is 4.23.